The number of hydrogen-bond donors (Lipinski definition) is 0. The molecular formula is C23H25N3O3. The van der Waals surface area contributed by atoms with Crippen LogP contribution in [0.2, 0.25) is 0 Å². The number of benzene rings is 1. The number of ether oxygens (including phenoxy) is 1. The lowest BCUT2D eigenvalue weighted by Crippen LogP contribution is -2.61. The Balaban J connectivity index is 1.44. The van der Waals surface area contributed by atoms with Crippen LogP contribution in [0, 0.1) is 0 Å². The number of amides is 2. The molecule has 1 spiro atoms. The predicted molar refractivity (Wildman–Crippen MR) is 107 cm³/mol. The maximum absolute atomic E-state index is 13.6. The average Bonchev–Trinajstić information content (AvgIpc) is 3.39. The Morgan fingerprint density at radius 3 is 2.76 bits per heavy atom. The number of fused-ring (bicyclic) bond motifs is 1. The Labute approximate surface area is 170 Å². The molecule has 0 saturated carbocycles. The third kappa shape index (κ3) is 3.02. The summed E-state index contributed by atoms with van der Waals surface area (Å²) in [5.74, 6) is 0.0435. The quantitative estimate of drug-likeness (QED) is 0.807. The summed E-state index contributed by atoms with van der Waals surface area (Å²) in [5, 5.41) is 0. The molecule has 0 bridgehead atoms. The summed E-state index contributed by atoms with van der Waals surface area (Å²) >= 11 is 0. The van der Waals surface area contributed by atoms with Gasteiger partial charge in [-0.15, -0.1) is 0 Å². The van der Waals surface area contributed by atoms with Crippen LogP contribution >= 0.6 is 0 Å². The van der Waals surface area contributed by atoms with Gasteiger partial charge in [0, 0.05) is 24.8 Å². The molecule has 150 valence electrons. The van der Waals surface area contributed by atoms with Gasteiger partial charge in [-0.1, -0.05) is 18.2 Å². The van der Waals surface area contributed by atoms with E-state index >= 15 is 0 Å². The number of likely N-dealkylation sites (tertiary alicyclic amines) is 2. The Bertz CT molecular complexity index is 946. The summed E-state index contributed by atoms with van der Waals surface area (Å²) in [6.07, 6.45) is 4.99. The van der Waals surface area contributed by atoms with Gasteiger partial charge in [-0.3, -0.25) is 14.6 Å². The molecule has 1 aromatic heterocycles. The van der Waals surface area contributed by atoms with E-state index in [1.165, 1.54) is 0 Å². The van der Waals surface area contributed by atoms with E-state index in [1.54, 1.807) is 6.20 Å². The highest BCUT2D eigenvalue weighted by molar-refractivity contribution is 6.01. The van der Waals surface area contributed by atoms with Gasteiger partial charge in [-0.25, -0.2) is 0 Å². The van der Waals surface area contributed by atoms with Crippen molar-refractivity contribution >= 4 is 11.8 Å². The molecule has 5 rings (SSSR count). The van der Waals surface area contributed by atoms with Crippen molar-refractivity contribution in [1.82, 2.24) is 14.8 Å². The second-order valence-corrected chi connectivity index (χ2v) is 8.18. The Morgan fingerprint density at radius 2 is 1.93 bits per heavy atom. The zero-order chi connectivity index (χ0) is 19.8. The first kappa shape index (κ1) is 18.3. The van der Waals surface area contributed by atoms with Gasteiger partial charge in [0.05, 0.1) is 25.5 Å². The summed E-state index contributed by atoms with van der Waals surface area (Å²) in [4.78, 5) is 35.3. The van der Waals surface area contributed by atoms with Crippen molar-refractivity contribution in [2.24, 2.45) is 0 Å². The molecule has 3 aliphatic rings. The predicted octanol–water partition coefficient (Wildman–Crippen LogP) is 2.91. The van der Waals surface area contributed by atoms with Crippen molar-refractivity contribution in [1.29, 1.82) is 0 Å². The molecule has 1 unspecified atom stereocenters. The normalized spacial score (nSPS) is 23.7. The zero-order valence-corrected chi connectivity index (χ0v) is 16.5. The molecule has 6 nitrogen and oxygen atoms in total. The van der Waals surface area contributed by atoms with E-state index in [1.807, 2.05) is 46.2 Å². The number of carbonyl (C=O) groups is 2. The molecule has 29 heavy (non-hydrogen) atoms. The van der Waals surface area contributed by atoms with Gasteiger partial charge in [0.15, 0.2) is 0 Å². The lowest BCUT2D eigenvalue weighted by Gasteiger charge is -2.44. The van der Waals surface area contributed by atoms with Crippen LogP contribution < -0.4 is 0 Å². The van der Waals surface area contributed by atoms with E-state index in [0.717, 1.165) is 42.5 Å². The number of rotatable bonds is 3. The zero-order valence-electron chi connectivity index (χ0n) is 16.5. The van der Waals surface area contributed by atoms with Crippen LogP contribution in [0.1, 0.15) is 52.9 Å². The molecule has 4 heterocycles. The van der Waals surface area contributed by atoms with Crippen molar-refractivity contribution in [2.45, 2.75) is 51.0 Å². The van der Waals surface area contributed by atoms with E-state index in [4.69, 9.17) is 4.74 Å². The van der Waals surface area contributed by atoms with Crippen LogP contribution in [0.4, 0.5) is 0 Å². The summed E-state index contributed by atoms with van der Waals surface area (Å²) in [6, 6.07) is 11.6. The molecule has 3 aliphatic heterocycles. The van der Waals surface area contributed by atoms with Crippen molar-refractivity contribution in [3.05, 3.63) is 65.0 Å². The SMILES string of the molecule is O=C(c1cccc2c1COC2)N1CCCC12CCCN(Cc1ccccn1)C2=O. The minimum Gasteiger partial charge on any atom is -0.372 e. The molecule has 2 fully saturated rings. The van der Waals surface area contributed by atoms with E-state index in [2.05, 4.69) is 4.98 Å². The average molecular weight is 391 g/mol. The maximum atomic E-state index is 13.6. The topological polar surface area (TPSA) is 62.7 Å². The molecule has 0 aliphatic carbocycles. The van der Waals surface area contributed by atoms with Crippen molar-refractivity contribution < 1.29 is 14.3 Å². The number of aromatic nitrogens is 1. The first-order chi connectivity index (χ1) is 14.2. The number of piperidine rings is 1. The molecule has 0 radical (unpaired) electrons. The Kier molecular flexibility index (Phi) is 4.59. The van der Waals surface area contributed by atoms with E-state index in [9.17, 15) is 9.59 Å². The first-order valence-corrected chi connectivity index (χ1v) is 10.4. The van der Waals surface area contributed by atoms with Gasteiger partial charge in [-0.05, 0) is 55.0 Å². The maximum Gasteiger partial charge on any atom is 0.255 e. The highest BCUT2D eigenvalue weighted by Gasteiger charge is 2.53. The van der Waals surface area contributed by atoms with Gasteiger partial charge in [0.25, 0.3) is 5.91 Å². The third-order valence-corrected chi connectivity index (χ3v) is 6.52. The smallest absolute Gasteiger partial charge is 0.255 e. The summed E-state index contributed by atoms with van der Waals surface area (Å²) in [7, 11) is 0. The highest BCUT2D eigenvalue weighted by atomic mass is 16.5. The fraction of sp³-hybridized carbons (Fsp3) is 0.435. The second kappa shape index (κ2) is 7.26. The fourth-order valence-corrected chi connectivity index (χ4v) is 5.11. The van der Waals surface area contributed by atoms with Crippen LogP contribution in [-0.2, 0) is 29.3 Å². The standard InChI is InChI=1S/C23H25N3O3/c27-21(19-8-3-6-17-15-29-16-20(17)19)26-13-5-10-23(26)9-4-12-25(22(23)28)14-18-7-1-2-11-24-18/h1-3,6-8,11H,4-5,9-10,12-16H2. The van der Waals surface area contributed by atoms with E-state index in [0.29, 0.717) is 38.4 Å². The van der Waals surface area contributed by atoms with Crippen LogP contribution in [0.15, 0.2) is 42.6 Å². The van der Waals surface area contributed by atoms with Gasteiger partial charge in [0.2, 0.25) is 5.91 Å². The largest absolute Gasteiger partial charge is 0.372 e. The molecule has 0 N–H and O–H groups in total. The van der Waals surface area contributed by atoms with Gasteiger partial charge >= 0.3 is 0 Å². The van der Waals surface area contributed by atoms with Crippen LogP contribution in [0.3, 0.4) is 0 Å². The molecule has 2 aromatic rings. The summed E-state index contributed by atoms with van der Waals surface area (Å²) in [5.41, 5.74) is 2.92. The number of nitrogens with zero attached hydrogens (tertiary/aromatic N) is 3. The Morgan fingerprint density at radius 1 is 1.07 bits per heavy atom. The van der Waals surface area contributed by atoms with Crippen LogP contribution in [0.5, 0.6) is 0 Å². The van der Waals surface area contributed by atoms with Crippen molar-refractivity contribution in [3.63, 3.8) is 0 Å². The van der Waals surface area contributed by atoms with Gasteiger partial charge in [-0.2, -0.15) is 0 Å². The van der Waals surface area contributed by atoms with Crippen LogP contribution in [0.25, 0.3) is 0 Å². The minimum absolute atomic E-state index is 0.0297. The molecule has 2 saturated heterocycles. The first-order valence-electron chi connectivity index (χ1n) is 10.4. The molecule has 1 aromatic carbocycles. The van der Waals surface area contributed by atoms with Crippen molar-refractivity contribution in [3.8, 4) is 0 Å². The number of carbonyl (C=O) groups excluding carboxylic acids is 2. The van der Waals surface area contributed by atoms with Gasteiger partial charge in [0.1, 0.15) is 5.54 Å². The molecule has 2 amide bonds. The monoisotopic (exact) mass is 391 g/mol. The highest BCUT2D eigenvalue weighted by Crippen LogP contribution is 2.40. The lowest BCUT2D eigenvalue weighted by atomic mass is 9.84. The number of pyridine rings is 1. The summed E-state index contributed by atoms with van der Waals surface area (Å²) < 4.78 is 5.56. The van der Waals surface area contributed by atoms with Gasteiger partial charge < -0.3 is 14.5 Å². The van der Waals surface area contributed by atoms with Crippen LogP contribution in [-0.4, -0.2) is 45.2 Å². The van der Waals surface area contributed by atoms with E-state index < -0.39 is 5.54 Å². The van der Waals surface area contributed by atoms with Crippen molar-refractivity contribution in [2.75, 3.05) is 13.1 Å². The Hall–Kier alpha value is -2.73. The van der Waals surface area contributed by atoms with E-state index in [-0.39, 0.29) is 11.8 Å². The molecule has 6 heteroatoms. The molecular weight excluding hydrogens is 366 g/mol. The lowest BCUT2D eigenvalue weighted by molar-refractivity contribution is -0.146. The number of hydrogen-bond acceptors (Lipinski definition) is 4. The second-order valence-electron chi connectivity index (χ2n) is 8.18. The minimum atomic E-state index is -0.716. The fourth-order valence-electron chi connectivity index (χ4n) is 5.11. The summed E-state index contributed by atoms with van der Waals surface area (Å²) in [6.45, 7) is 2.87. The molecule has 1 atom stereocenters. The third-order valence-electron chi connectivity index (χ3n) is 6.52.